The molecule has 26 heavy (non-hydrogen) atoms. The highest BCUT2D eigenvalue weighted by Gasteiger charge is 2.19. The van der Waals surface area contributed by atoms with E-state index in [0.717, 1.165) is 16.8 Å². The molecule has 0 saturated heterocycles. The van der Waals surface area contributed by atoms with Gasteiger partial charge in [0.05, 0.1) is 19.8 Å². The first-order chi connectivity index (χ1) is 12.6. The number of amides is 1. The van der Waals surface area contributed by atoms with Gasteiger partial charge in [-0.25, -0.2) is 0 Å². The minimum Gasteiger partial charge on any atom is -0.497 e. The Morgan fingerprint density at radius 1 is 1.00 bits per heavy atom. The summed E-state index contributed by atoms with van der Waals surface area (Å²) in [5.41, 5.74) is 2.16. The third-order valence-electron chi connectivity index (χ3n) is 4.20. The molecule has 2 N–H and O–H groups in total. The molecule has 0 unspecified atom stereocenters. The van der Waals surface area contributed by atoms with E-state index in [-0.39, 0.29) is 0 Å². The van der Waals surface area contributed by atoms with E-state index in [2.05, 4.69) is 10.3 Å². The van der Waals surface area contributed by atoms with Gasteiger partial charge in [0.1, 0.15) is 11.5 Å². The van der Waals surface area contributed by atoms with E-state index in [4.69, 9.17) is 9.47 Å². The Kier molecular flexibility index (Phi) is 5.22. The van der Waals surface area contributed by atoms with E-state index in [0.29, 0.717) is 29.7 Å². The monoisotopic (exact) mass is 352 g/mol. The zero-order chi connectivity index (χ0) is 18.5. The number of ether oxygens (including phenoxy) is 2. The molecule has 0 aliphatic carbocycles. The number of rotatable bonds is 7. The number of aromatic nitrogens is 1. The normalized spacial score (nSPS) is 10.5. The van der Waals surface area contributed by atoms with Crippen molar-refractivity contribution in [3.05, 3.63) is 59.8 Å². The first-order valence-corrected chi connectivity index (χ1v) is 8.23. The van der Waals surface area contributed by atoms with Crippen molar-refractivity contribution < 1.29 is 19.1 Å². The second-order valence-corrected chi connectivity index (χ2v) is 5.80. The molecule has 0 aliphatic heterocycles. The van der Waals surface area contributed by atoms with Crippen molar-refractivity contribution in [2.24, 2.45) is 0 Å². The molecular formula is C20H20N2O4. The average Bonchev–Trinajstić information content (AvgIpc) is 3.10. The molecule has 0 spiro atoms. The van der Waals surface area contributed by atoms with E-state index < -0.39 is 11.7 Å². The summed E-state index contributed by atoms with van der Waals surface area (Å²) >= 11 is 0. The maximum Gasteiger partial charge on any atom is 0.292 e. The number of methoxy groups -OCH3 is 2. The molecule has 0 aliphatic rings. The lowest BCUT2D eigenvalue weighted by atomic mass is 10.1. The third-order valence-corrected chi connectivity index (χ3v) is 4.20. The van der Waals surface area contributed by atoms with Gasteiger partial charge in [0.15, 0.2) is 0 Å². The van der Waals surface area contributed by atoms with E-state index in [1.807, 2.05) is 30.3 Å². The summed E-state index contributed by atoms with van der Waals surface area (Å²) in [5, 5.41) is 3.34. The lowest BCUT2D eigenvalue weighted by Gasteiger charge is -2.06. The number of nitrogens with one attached hydrogen (secondary N) is 2. The van der Waals surface area contributed by atoms with Gasteiger partial charge in [0.2, 0.25) is 0 Å². The standard InChI is InChI=1S/C20H20N2O4/c1-25-14-5-3-13(4-6-14)9-10-21-20(24)19(23)17-12-22-18-8-7-15(26-2)11-16(17)18/h3-8,11-12,22H,9-10H2,1-2H3,(H,21,24). The smallest absolute Gasteiger partial charge is 0.292 e. The van der Waals surface area contributed by atoms with E-state index in [9.17, 15) is 9.59 Å². The molecular weight excluding hydrogens is 332 g/mol. The van der Waals surface area contributed by atoms with Gasteiger partial charge in [-0.05, 0) is 42.3 Å². The summed E-state index contributed by atoms with van der Waals surface area (Å²) in [4.78, 5) is 27.7. The molecule has 1 aromatic heterocycles. The second-order valence-electron chi connectivity index (χ2n) is 5.80. The molecule has 134 valence electrons. The minimum atomic E-state index is -0.623. The van der Waals surface area contributed by atoms with Crippen LogP contribution in [-0.2, 0) is 11.2 Å². The van der Waals surface area contributed by atoms with Crippen molar-refractivity contribution in [3.8, 4) is 11.5 Å². The molecule has 0 saturated carbocycles. The van der Waals surface area contributed by atoms with Crippen LogP contribution in [0.5, 0.6) is 11.5 Å². The summed E-state index contributed by atoms with van der Waals surface area (Å²) in [7, 11) is 3.17. The average molecular weight is 352 g/mol. The molecule has 2 aromatic carbocycles. The lowest BCUT2D eigenvalue weighted by Crippen LogP contribution is -2.32. The van der Waals surface area contributed by atoms with Crippen molar-refractivity contribution in [1.82, 2.24) is 10.3 Å². The Morgan fingerprint density at radius 2 is 1.69 bits per heavy atom. The highest BCUT2D eigenvalue weighted by atomic mass is 16.5. The number of H-pyrrole nitrogens is 1. The molecule has 3 aromatic rings. The number of ketones is 1. The molecule has 0 radical (unpaired) electrons. The number of hydrogen-bond donors (Lipinski definition) is 2. The fourth-order valence-corrected chi connectivity index (χ4v) is 2.73. The van der Waals surface area contributed by atoms with Crippen molar-refractivity contribution in [2.45, 2.75) is 6.42 Å². The van der Waals surface area contributed by atoms with Crippen LogP contribution in [0, 0.1) is 0 Å². The predicted molar refractivity (Wildman–Crippen MR) is 98.9 cm³/mol. The summed E-state index contributed by atoms with van der Waals surface area (Å²) in [5.74, 6) is 0.218. The number of fused-ring (bicyclic) bond motifs is 1. The molecule has 6 heteroatoms. The molecule has 6 nitrogen and oxygen atoms in total. The van der Waals surface area contributed by atoms with Gasteiger partial charge in [-0.1, -0.05) is 12.1 Å². The molecule has 0 bridgehead atoms. The van der Waals surface area contributed by atoms with E-state index in [1.165, 1.54) is 0 Å². The van der Waals surface area contributed by atoms with Crippen LogP contribution in [0.3, 0.4) is 0 Å². The first-order valence-electron chi connectivity index (χ1n) is 8.23. The Labute approximate surface area is 151 Å². The van der Waals surface area contributed by atoms with Crippen LogP contribution >= 0.6 is 0 Å². The van der Waals surface area contributed by atoms with Gasteiger partial charge in [-0.3, -0.25) is 9.59 Å². The van der Waals surface area contributed by atoms with Gasteiger partial charge in [-0.2, -0.15) is 0 Å². The van der Waals surface area contributed by atoms with E-state index in [1.54, 1.807) is 32.5 Å². The molecule has 0 fully saturated rings. The van der Waals surface area contributed by atoms with Gasteiger partial charge in [0, 0.05) is 23.6 Å². The Balaban J connectivity index is 1.63. The fourth-order valence-electron chi connectivity index (χ4n) is 2.73. The zero-order valence-electron chi connectivity index (χ0n) is 14.7. The van der Waals surface area contributed by atoms with Crippen molar-refractivity contribution >= 4 is 22.6 Å². The fraction of sp³-hybridized carbons (Fsp3) is 0.200. The molecule has 3 rings (SSSR count). The van der Waals surface area contributed by atoms with Gasteiger partial charge in [-0.15, -0.1) is 0 Å². The molecule has 1 heterocycles. The van der Waals surface area contributed by atoms with Crippen molar-refractivity contribution in [1.29, 1.82) is 0 Å². The number of hydrogen-bond acceptors (Lipinski definition) is 4. The van der Waals surface area contributed by atoms with Crippen LogP contribution in [0.15, 0.2) is 48.7 Å². The van der Waals surface area contributed by atoms with Crippen LogP contribution < -0.4 is 14.8 Å². The number of aromatic amines is 1. The Hall–Kier alpha value is -3.28. The van der Waals surface area contributed by atoms with E-state index >= 15 is 0 Å². The number of carbonyl (C=O) groups excluding carboxylic acids is 2. The van der Waals surface area contributed by atoms with Gasteiger partial charge < -0.3 is 19.8 Å². The van der Waals surface area contributed by atoms with Gasteiger partial charge in [0.25, 0.3) is 11.7 Å². The second kappa shape index (κ2) is 7.74. The summed E-state index contributed by atoms with van der Waals surface area (Å²) in [6.45, 7) is 0.378. The van der Waals surface area contributed by atoms with Crippen LogP contribution in [0.1, 0.15) is 15.9 Å². The summed E-state index contributed by atoms with van der Waals surface area (Å²) in [6, 6.07) is 12.9. The number of carbonyl (C=O) groups is 2. The first kappa shape index (κ1) is 17.5. The largest absolute Gasteiger partial charge is 0.497 e. The molecule has 1 amide bonds. The van der Waals surface area contributed by atoms with Crippen molar-refractivity contribution in [3.63, 3.8) is 0 Å². The Morgan fingerprint density at radius 3 is 2.38 bits per heavy atom. The predicted octanol–water partition coefficient (Wildman–Crippen LogP) is 2.73. The summed E-state index contributed by atoms with van der Waals surface area (Å²) < 4.78 is 10.3. The highest BCUT2D eigenvalue weighted by Crippen LogP contribution is 2.24. The highest BCUT2D eigenvalue weighted by molar-refractivity contribution is 6.45. The third kappa shape index (κ3) is 3.69. The zero-order valence-corrected chi connectivity index (χ0v) is 14.7. The van der Waals surface area contributed by atoms with Crippen LogP contribution in [0.2, 0.25) is 0 Å². The topological polar surface area (TPSA) is 80.4 Å². The van der Waals surface area contributed by atoms with Gasteiger partial charge >= 0.3 is 0 Å². The van der Waals surface area contributed by atoms with Crippen LogP contribution in [0.25, 0.3) is 10.9 Å². The SMILES string of the molecule is COc1ccc(CCNC(=O)C(=O)c2c[nH]c3ccc(OC)cc23)cc1. The maximum atomic E-state index is 12.5. The quantitative estimate of drug-likeness (QED) is 0.506. The maximum absolute atomic E-state index is 12.5. The van der Waals surface area contributed by atoms with Crippen LogP contribution in [0.4, 0.5) is 0 Å². The van der Waals surface area contributed by atoms with Crippen molar-refractivity contribution in [2.75, 3.05) is 20.8 Å². The molecule has 0 atom stereocenters. The number of Topliss-reactive ketones (excluding diaryl/α,β-unsaturated/α-hetero) is 1. The minimum absolute atomic E-state index is 0.334. The number of benzene rings is 2. The van der Waals surface area contributed by atoms with Crippen LogP contribution in [-0.4, -0.2) is 37.4 Å². The lowest BCUT2D eigenvalue weighted by molar-refractivity contribution is -0.116. The summed E-state index contributed by atoms with van der Waals surface area (Å²) in [6.07, 6.45) is 2.18. The Bertz CT molecular complexity index is 929.